The zero-order chi connectivity index (χ0) is 18.7. The van der Waals surface area contributed by atoms with Crippen LogP contribution in [0.5, 0.6) is 0 Å². The number of carbonyl (C=O) groups is 1. The second-order valence-electron chi connectivity index (χ2n) is 6.14. The first-order valence-corrected chi connectivity index (χ1v) is 8.23. The molecule has 9 heteroatoms. The maximum absolute atomic E-state index is 12.5. The lowest BCUT2D eigenvalue weighted by Gasteiger charge is -2.31. The minimum atomic E-state index is -4.69. The Morgan fingerprint density at radius 3 is 2.54 bits per heavy atom. The van der Waals surface area contributed by atoms with Gasteiger partial charge in [-0.25, -0.2) is 0 Å². The Morgan fingerprint density at radius 1 is 1.23 bits per heavy atom. The summed E-state index contributed by atoms with van der Waals surface area (Å²) in [6, 6.07) is 5.94. The molecule has 0 radical (unpaired) electrons. The summed E-state index contributed by atoms with van der Waals surface area (Å²) >= 11 is 0. The quantitative estimate of drug-likeness (QED) is 0.893. The number of halogens is 3. The fourth-order valence-corrected chi connectivity index (χ4v) is 3.02. The van der Waals surface area contributed by atoms with Gasteiger partial charge in [0, 0.05) is 18.2 Å². The highest BCUT2D eigenvalue weighted by atomic mass is 19.4. The van der Waals surface area contributed by atoms with E-state index in [1.807, 2.05) is 0 Å². The van der Waals surface area contributed by atoms with Crippen LogP contribution in [-0.2, 0) is 10.9 Å². The van der Waals surface area contributed by atoms with Crippen LogP contribution >= 0.6 is 0 Å². The van der Waals surface area contributed by atoms with Gasteiger partial charge in [0.25, 0.3) is 5.91 Å². The smallest absolute Gasteiger partial charge is 0.379 e. The van der Waals surface area contributed by atoms with Gasteiger partial charge < -0.3 is 14.6 Å². The molecule has 0 saturated heterocycles. The third-order valence-electron chi connectivity index (χ3n) is 4.40. The second kappa shape index (κ2) is 7.45. The summed E-state index contributed by atoms with van der Waals surface area (Å²) in [7, 11) is 1.63. The van der Waals surface area contributed by atoms with Crippen molar-refractivity contribution in [2.45, 2.75) is 44.0 Å². The minimum absolute atomic E-state index is 0.00732. The number of aromatic nitrogens is 2. The molecule has 1 aromatic heterocycles. The van der Waals surface area contributed by atoms with Crippen LogP contribution in [0.2, 0.25) is 0 Å². The van der Waals surface area contributed by atoms with Crippen molar-refractivity contribution in [1.29, 1.82) is 0 Å². The number of hydrogen-bond donors (Lipinski definition) is 1. The third kappa shape index (κ3) is 4.04. The molecule has 2 atom stereocenters. The summed E-state index contributed by atoms with van der Waals surface area (Å²) in [6.45, 7) is 0. The maximum Gasteiger partial charge on any atom is 0.471 e. The van der Waals surface area contributed by atoms with Crippen LogP contribution < -0.4 is 5.32 Å². The average molecular weight is 369 g/mol. The molecule has 6 nitrogen and oxygen atoms in total. The van der Waals surface area contributed by atoms with Crippen molar-refractivity contribution in [3.8, 4) is 11.4 Å². The number of benzene rings is 1. The molecule has 1 amide bonds. The Morgan fingerprint density at radius 2 is 1.92 bits per heavy atom. The summed E-state index contributed by atoms with van der Waals surface area (Å²) in [5.74, 6) is -1.84. The van der Waals surface area contributed by atoms with Crippen LogP contribution in [0, 0.1) is 0 Å². The molecule has 1 aliphatic carbocycles. The largest absolute Gasteiger partial charge is 0.471 e. The Kier molecular flexibility index (Phi) is 5.26. The Labute approximate surface area is 147 Å². The van der Waals surface area contributed by atoms with Crippen LogP contribution in [0.15, 0.2) is 28.8 Å². The number of carbonyl (C=O) groups excluding carboxylic acids is 1. The molecular weight excluding hydrogens is 351 g/mol. The normalized spacial score (nSPS) is 20.8. The summed E-state index contributed by atoms with van der Waals surface area (Å²) in [6.07, 6.45) is -0.839. The number of ether oxygens (including phenoxy) is 1. The molecular formula is C17H18F3N3O3. The van der Waals surface area contributed by atoms with Gasteiger partial charge in [0.1, 0.15) is 0 Å². The third-order valence-corrected chi connectivity index (χ3v) is 4.40. The molecule has 140 valence electrons. The number of nitrogens with one attached hydrogen (secondary N) is 1. The predicted molar refractivity (Wildman–Crippen MR) is 85.3 cm³/mol. The van der Waals surface area contributed by atoms with Crippen LogP contribution in [-0.4, -0.2) is 35.3 Å². The van der Waals surface area contributed by atoms with Crippen molar-refractivity contribution in [2.24, 2.45) is 0 Å². The lowest BCUT2D eigenvalue weighted by Crippen LogP contribution is -2.45. The average Bonchev–Trinajstić information content (AvgIpc) is 3.13. The second-order valence-corrected chi connectivity index (χ2v) is 6.14. The molecule has 26 heavy (non-hydrogen) atoms. The molecule has 0 aliphatic heterocycles. The van der Waals surface area contributed by atoms with Gasteiger partial charge in [0.05, 0.1) is 12.1 Å². The summed E-state index contributed by atoms with van der Waals surface area (Å²) < 4.78 is 47.2. The summed E-state index contributed by atoms with van der Waals surface area (Å²) in [5, 5.41) is 6.28. The fraction of sp³-hybridized carbons (Fsp3) is 0.471. The lowest BCUT2D eigenvalue weighted by molar-refractivity contribution is -0.159. The van der Waals surface area contributed by atoms with Gasteiger partial charge in [0.2, 0.25) is 5.82 Å². The molecule has 3 rings (SSSR count). The fourth-order valence-electron chi connectivity index (χ4n) is 3.02. The summed E-state index contributed by atoms with van der Waals surface area (Å²) in [4.78, 5) is 15.7. The Hall–Kier alpha value is -2.42. The van der Waals surface area contributed by atoms with E-state index in [2.05, 4.69) is 20.0 Å². The van der Waals surface area contributed by atoms with Gasteiger partial charge in [-0.2, -0.15) is 18.2 Å². The molecule has 0 bridgehead atoms. The van der Waals surface area contributed by atoms with E-state index in [0.717, 1.165) is 25.7 Å². The van der Waals surface area contributed by atoms with E-state index in [-0.39, 0.29) is 23.9 Å². The van der Waals surface area contributed by atoms with Gasteiger partial charge in [-0.3, -0.25) is 4.79 Å². The first-order valence-electron chi connectivity index (χ1n) is 8.23. The van der Waals surface area contributed by atoms with E-state index >= 15 is 0 Å². The standard InChI is InChI=1S/C17H18F3N3O3/c1-25-13-5-3-2-4-12(13)21-15(24)11-8-6-10(7-9-11)14-22-16(26-23-14)17(18,19)20/h6-9,12-13H,2-5H2,1H3,(H,21,24). The maximum atomic E-state index is 12.5. The van der Waals surface area contributed by atoms with Gasteiger partial charge in [-0.15, -0.1) is 0 Å². The number of nitrogens with zero attached hydrogens (tertiary/aromatic N) is 2. The van der Waals surface area contributed by atoms with Crippen molar-refractivity contribution < 1.29 is 27.2 Å². The molecule has 1 N–H and O–H groups in total. The van der Waals surface area contributed by atoms with Gasteiger partial charge >= 0.3 is 12.1 Å². The number of methoxy groups -OCH3 is 1. The monoisotopic (exact) mass is 369 g/mol. The molecule has 2 aromatic rings. The SMILES string of the molecule is COC1CCCCC1NC(=O)c1ccc(-c2noc(C(F)(F)F)n2)cc1. The first-order chi connectivity index (χ1) is 12.4. The number of rotatable bonds is 4. The highest BCUT2D eigenvalue weighted by Gasteiger charge is 2.38. The van der Waals surface area contributed by atoms with E-state index in [4.69, 9.17) is 4.74 Å². The summed E-state index contributed by atoms with van der Waals surface area (Å²) in [5.41, 5.74) is 0.724. The molecule has 1 fully saturated rings. The highest BCUT2D eigenvalue weighted by Crippen LogP contribution is 2.29. The first kappa shape index (κ1) is 18.4. The minimum Gasteiger partial charge on any atom is -0.379 e. The predicted octanol–water partition coefficient (Wildman–Crippen LogP) is 3.44. The van der Waals surface area contributed by atoms with E-state index in [9.17, 15) is 18.0 Å². The number of alkyl halides is 3. The van der Waals surface area contributed by atoms with E-state index < -0.39 is 12.1 Å². The van der Waals surface area contributed by atoms with E-state index in [1.165, 1.54) is 24.3 Å². The zero-order valence-electron chi connectivity index (χ0n) is 14.0. The van der Waals surface area contributed by atoms with Gasteiger partial charge in [-0.1, -0.05) is 30.1 Å². The van der Waals surface area contributed by atoms with Crippen molar-refractivity contribution >= 4 is 5.91 Å². The lowest BCUT2D eigenvalue weighted by atomic mass is 9.92. The van der Waals surface area contributed by atoms with Crippen molar-refractivity contribution in [3.63, 3.8) is 0 Å². The van der Waals surface area contributed by atoms with E-state index in [1.54, 1.807) is 7.11 Å². The van der Waals surface area contributed by atoms with Gasteiger partial charge in [0.15, 0.2) is 0 Å². The van der Waals surface area contributed by atoms with Gasteiger partial charge in [-0.05, 0) is 25.0 Å². The number of amides is 1. The van der Waals surface area contributed by atoms with Crippen LogP contribution in [0.3, 0.4) is 0 Å². The van der Waals surface area contributed by atoms with Crippen molar-refractivity contribution in [1.82, 2.24) is 15.5 Å². The Balaban J connectivity index is 1.69. The number of hydrogen-bond acceptors (Lipinski definition) is 5. The van der Waals surface area contributed by atoms with Crippen molar-refractivity contribution in [3.05, 3.63) is 35.7 Å². The topological polar surface area (TPSA) is 77.2 Å². The molecule has 1 saturated carbocycles. The van der Waals surface area contributed by atoms with Crippen molar-refractivity contribution in [2.75, 3.05) is 7.11 Å². The molecule has 2 unspecified atom stereocenters. The molecule has 1 aliphatic rings. The molecule has 1 aromatic carbocycles. The highest BCUT2D eigenvalue weighted by molar-refractivity contribution is 5.94. The van der Waals surface area contributed by atoms with Crippen LogP contribution in [0.4, 0.5) is 13.2 Å². The van der Waals surface area contributed by atoms with Crippen LogP contribution in [0.1, 0.15) is 41.9 Å². The van der Waals surface area contributed by atoms with E-state index in [0.29, 0.717) is 11.1 Å². The molecule has 0 spiro atoms. The molecule has 1 heterocycles. The van der Waals surface area contributed by atoms with Crippen LogP contribution in [0.25, 0.3) is 11.4 Å². The zero-order valence-corrected chi connectivity index (χ0v) is 14.0. The Bertz CT molecular complexity index is 759.